The van der Waals surface area contributed by atoms with E-state index in [1.165, 1.54) is 7.11 Å². The van der Waals surface area contributed by atoms with Crippen LogP contribution < -0.4 is 9.47 Å². The van der Waals surface area contributed by atoms with Crippen molar-refractivity contribution in [3.8, 4) is 11.5 Å². The molecule has 0 saturated carbocycles. The van der Waals surface area contributed by atoms with Crippen molar-refractivity contribution in [3.05, 3.63) is 77.4 Å². The fourth-order valence-electron chi connectivity index (χ4n) is 4.90. The second kappa shape index (κ2) is 15.1. The molecule has 0 aromatic heterocycles. The monoisotopic (exact) mass is 608 g/mol. The summed E-state index contributed by atoms with van der Waals surface area (Å²) in [6.07, 6.45) is 5.20. The number of hydrogen-bond acceptors (Lipinski definition) is 11. The second-order valence-corrected chi connectivity index (χ2v) is 11.0. The molecule has 0 spiro atoms. The predicted octanol–water partition coefficient (Wildman–Crippen LogP) is 5.98. The first-order chi connectivity index (χ1) is 21.1. The van der Waals surface area contributed by atoms with Gasteiger partial charge in [-0.15, -0.1) is 0 Å². The number of carbonyl (C=O) groups is 2. The molecule has 1 fully saturated rings. The minimum atomic E-state index is -0.927. The highest BCUT2D eigenvalue weighted by molar-refractivity contribution is 5.97. The summed E-state index contributed by atoms with van der Waals surface area (Å²) in [5.41, 5.74) is 8.17. The number of carbonyl (C=O) groups excluding carboxylic acids is 2. The van der Waals surface area contributed by atoms with Gasteiger partial charge in [-0.2, -0.15) is 5.11 Å². The molecule has 0 aliphatic carbocycles. The Hall–Kier alpha value is -4.06. The van der Waals surface area contributed by atoms with Crippen LogP contribution >= 0.6 is 0 Å². The summed E-state index contributed by atoms with van der Waals surface area (Å²) in [5, 5.41) is 3.33. The summed E-state index contributed by atoms with van der Waals surface area (Å²) in [6.45, 7) is 7.58. The van der Waals surface area contributed by atoms with Crippen LogP contribution in [-0.4, -0.2) is 69.2 Å². The van der Waals surface area contributed by atoms with Gasteiger partial charge in [0.05, 0.1) is 18.2 Å². The standard InChI is InChI=1S/C33H40N2O9/c1-21-14-15-26(42-31(36)23-10-7-6-8-11-23)30-27(43-33(3,4)44-30)13-9-12-24-18-25(39-17-16-35-34)19-28(40-20-38-5)29(24)32(37)41-22(21)2/h6-12,14-15,18-19,21-22,26-27,30,34H,13,16-17,20H2,1-5H3/b12-9+,15-14-,35-34?/t21-,22+,26?,27+,30-/m1/s1. The summed E-state index contributed by atoms with van der Waals surface area (Å²) in [5.74, 6) is -1.60. The van der Waals surface area contributed by atoms with Gasteiger partial charge in [0, 0.05) is 19.1 Å². The molecule has 5 atom stereocenters. The third-order valence-electron chi connectivity index (χ3n) is 7.22. The molecule has 2 aliphatic heterocycles. The van der Waals surface area contributed by atoms with Crippen molar-refractivity contribution >= 4 is 18.0 Å². The number of benzene rings is 2. The lowest BCUT2D eigenvalue weighted by molar-refractivity contribution is -0.152. The van der Waals surface area contributed by atoms with E-state index in [2.05, 4.69) is 5.11 Å². The maximum atomic E-state index is 13.6. The lowest BCUT2D eigenvalue weighted by atomic mass is 9.98. The Balaban J connectivity index is 1.74. The highest BCUT2D eigenvalue weighted by Crippen LogP contribution is 2.36. The van der Waals surface area contributed by atoms with E-state index in [4.69, 9.17) is 38.7 Å². The van der Waals surface area contributed by atoms with Crippen LogP contribution in [0.4, 0.5) is 0 Å². The topological polar surface area (TPSA) is 135 Å². The van der Waals surface area contributed by atoms with Crippen molar-refractivity contribution in [1.82, 2.24) is 0 Å². The minimum Gasteiger partial charge on any atom is -0.491 e. The van der Waals surface area contributed by atoms with Gasteiger partial charge >= 0.3 is 11.9 Å². The maximum absolute atomic E-state index is 13.6. The number of nitrogens with zero attached hydrogens (tertiary/aromatic N) is 1. The van der Waals surface area contributed by atoms with Crippen LogP contribution in [-0.2, 0) is 23.7 Å². The Morgan fingerprint density at radius 1 is 1.09 bits per heavy atom. The van der Waals surface area contributed by atoms with Crippen LogP contribution in [0.5, 0.6) is 11.5 Å². The molecule has 0 radical (unpaired) electrons. The molecule has 11 heteroatoms. The first kappa shape index (κ1) is 32.8. The summed E-state index contributed by atoms with van der Waals surface area (Å²) in [7, 11) is 1.48. The molecule has 0 bridgehead atoms. The first-order valence-electron chi connectivity index (χ1n) is 14.5. The first-order valence-corrected chi connectivity index (χ1v) is 14.5. The lowest BCUT2D eigenvalue weighted by Gasteiger charge is -2.25. The Bertz CT molecular complexity index is 1360. The fourth-order valence-corrected chi connectivity index (χ4v) is 4.90. The molecule has 1 unspecified atom stereocenters. The Morgan fingerprint density at radius 2 is 1.86 bits per heavy atom. The van der Waals surface area contributed by atoms with Crippen molar-refractivity contribution in [2.75, 3.05) is 27.1 Å². The smallest absolute Gasteiger partial charge is 0.342 e. The highest BCUT2D eigenvalue weighted by atomic mass is 16.8. The number of hydrogen-bond donors (Lipinski definition) is 1. The van der Waals surface area contributed by atoms with Crippen molar-refractivity contribution < 1.29 is 42.7 Å². The van der Waals surface area contributed by atoms with Gasteiger partial charge in [0.2, 0.25) is 0 Å². The molecule has 4 rings (SSSR count). The number of nitrogens with one attached hydrogen (secondary N) is 1. The molecule has 11 nitrogen and oxygen atoms in total. The third-order valence-corrected chi connectivity index (χ3v) is 7.22. The largest absolute Gasteiger partial charge is 0.491 e. The van der Waals surface area contributed by atoms with Crippen molar-refractivity contribution in [1.29, 1.82) is 5.53 Å². The number of cyclic esters (lactones) is 1. The minimum absolute atomic E-state index is 0.100. The van der Waals surface area contributed by atoms with Crippen LogP contribution in [0.25, 0.3) is 6.08 Å². The van der Waals surface area contributed by atoms with Gasteiger partial charge in [0.1, 0.15) is 42.0 Å². The SMILES string of the molecule is COCOc1cc(OCCN=N)cc2c1C(=O)O[C@@H](C)[C@H](C)/C=C\C(OC(=O)c1ccccc1)[C@H]1OC(C)(C)O[C@H]1C/C=C/2. The van der Waals surface area contributed by atoms with E-state index in [0.29, 0.717) is 23.3 Å². The van der Waals surface area contributed by atoms with Crippen molar-refractivity contribution in [2.24, 2.45) is 11.0 Å². The number of fused-ring (bicyclic) bond motifs is 2. The van der Waals surface area contributed by atoms with Crippen LogP contribution in [0.15, 0.2) is 65.8 Å². The van der Waals surface area contributed by atoms with Gasteiger partial charge < -0.3 is 33.2 Å². The van der Waals surface area contributed by atoms with Crippen LogP contribution in [0, 0.1) is 11.4 Å². The quantitative estimate of drug-likeness (QED) is 0.120. The normalized spacial score (nSPS) is 26.2. The van der Waals surface area contributed by atoms with Crippen molar-refractivity contribution in [2.45, 2.75) is 64.3 Å². The molecule has 2 aromatic rings. The fraction of sp³-hybridized carbons (Fsp3) is 0.455. The van der Waals surface area contributed by atoms with Gasteiger partial charge in [-0.25, -0.2) is 15.1 Å². The van der Waals surface area contributed by atoms with Gasteiger partial charge in [0.15, 0.2) is 12.6 Å². The molecule has 2 aromatic carbocycles. The van der Waals surface area contributed by atoms with E-state index < -0.39 is 42.1 Å². The zero-order valence-electron chi connectivity index (χ0n) is 25.7. The van der Waals surface area contributed by atoms with E-state index in [1.807, 2.05) is 39.0 Å². The number of esters is 2. The van der Waals surface area contributed by atoms with E-state index in [-0.39, 0.29) is 37.2 Å². The van der Waals surface area contributed by atoms with Gasteiger partial charge in [-0.05, 0) is 57.0 Å². The van der Waals surface area contributed by atoms with Crippen LogP contribution in [0.3, 0.4) is 0 Å². The van der Waals surface area contributed by atoms with Crippen LogP contribution in [0.1, 0.15) is 60.4 Å². The van der Waals surface area contributed by atoms with E-state index in [0.717, 1.165) is 0 Å². The average molecular weight is 609 g/mol. The number of methoxy groups -OCH3 is 1. The Kier molecular flexibility index (Phi) is 11.3. The summed E-state index contributed by atoms with van der Waals surface area (Å²) < 4.78 is 41.1. The molecule has 2 heterocycles. The van der Waals surface area contributed by atoms with E-state index >= 15 is 0 Å². The van der Waals surface area contributed by atoms with Gasteiger partial charge in [0.25, 0.3) is 0 Å². The summed E-state index contributed by atoms with van der Waals surface area (Å²) in [4.78, 5) is 26.7. The molecule has 1 N–H and O–H groups in total. The average Bonchev–Trinajstić information content (AvgIpc) is 3.31. The highest BCUT2D eigenvalue weighted by Gasteiger charge is 2.45. The molecule has 0 amide bonds. The zero-order valence-corrected chi connectivity index (χ0v) is 25.7. The molecule has 2 aliphatic rings. The third kappa shape index (κ3) is 8.52. The summed E-state index contributed by atoms with van der Waals surface area (Å²) >= 11 is 0. The summed E-state index contributed by atoms with van der Waals surface area (Å²) in [6, 6.07) is 12.0. The van der Waals surface area contributed by atoms with Crippen LogP contribution in [0.2, 0.25) is 0 Å². The second-order valence-electron chi connectivity index (χ2n) is 11.0. The van der Waals surface area contributed by atoms with E-state index in [9.17, 15) is 9.59 Å². The van der Waals surface area contributed by atoms with Gasteiger partial charge in [-0.3, -0.25) is 0 Å². The number of ether oxygens (including phenoxy) is 7. The number of rotatable bonds is 9. The molecule has 44 heavy (non-hydrogen) atoms. The molecule has 1 saturated heterocycles. The molecular weight excluding hydrogens is 568 g/mol. The lowest BCUT2D eigenvalue weighted by Crippen LogP contribution is -2.37. The van der Waals surface area contributed by atoms with Crippen molar-refractivity contribution in [3.63, 3.8) is 0 Å². The molecule has 236 valence electrons. The maximum Gasteiger partial charge on any atom is 0.342 e. The Morgan fingerprint density at radius 3 is 2.59 bits per heavy atom. The predicted molar refractivity (Wildman–Crippen MR) is 161 cm³/mol. The zero-order chi connectivity index (χ0) is 31.7. The van der Waals surface area contributed by atoms with Gasteiger partial charge in [-0.1, -0.05) is 43.4 Å². The Labute approximate surface area is 257 Å². The molecular formula is C33H40N2O9. The van der Waals surface area contributed by atoms with E-state index in [1.54, 1.807) is 55.5 Å².